The number of fused-ring (bicyclic) bond motifs is 2. The van der Waals surface area contributed by atoms with Crippen molar-refractivity contribution >= 4 is 23.1 Å². The Kier molecular flexibility index (Phi) is 5.07. The first-order valence-corrected chi connectivity index (χ1v) is 10.4. The van der Waals surface area contributed by atoms with Crippen molar-refractivity contribution in [2.24, 2.45) is 16.3 Å². The topological polar surface area (TPSA) is 53.9 Å². The molecule has 0 bridgehead atoms. The minimum absolute atomic E-state index is 0.0134. The number of para-hydroxylation sites is 2. The fourth-order valence-electron chi connectivity index (χ4n) is 3.58. The van der Waals surface area contributed by atoms with E-state index in [-0.39, 0.29) is 5.91 Å². The zero-order valence-corrected chi connectivity index (χ0v) is 17.7. The standard InChI is InChI=1S/C24H29N3O2/c1-16-11-13-27(14-12-16)22-18-15-17(25-23(28)24(2,3)4)9-10-20(18)29-21-8-6-5-7-19(21)26-22/h5-10,15-16H,11-14H2,1-4H3,(H,25,28). The Bertz CT molecular complexity index is 951. The van der Waals surface area contributed by atoms with Crippen molar-refractivity contribution < 1.29 is 9.53 Å². The van der Waals surface area contributed by atoms with E-state index < -0.39 is 5.41 Å². The zero-order valence-electron chi connectivity index (χ0n) is 17.7. The Hall–Kier alpha value is -2.82. The number of benzene rings is 2. The van der Waals surface area contributed by atoms with E-state index in [1.165, 1.54) is 0 Å². The fraction of sp³-hybridized carbons (Fsp3) is 0.417. The Balaban J connectivity index is 1.76. The Morgan fingerprint density at radius 3 is 2.55 bits per heavy atom. The SMILES string of the molecule is CC1CCN(C2=Nc3ccccc3Oc3ccc(NC(=O)C(C)(C)C)cc32)CC1. The number of amides is 1. The molecule has 2 aliphatic heterocycles. The van der Waals surface area contributed by atoms with Gasteiger partial charge in [-0.2, -0.15) is 0 Å². The molecule has 2 aliphatic rings. The smallest absolute Gasteiger partial charge is 0.229 e. The third-order valence-corrected chi connectivity index (χ3v) is 5.55. The molecule has 4 rings (SSSR count). The van der Waals surface area contributed by atoms with Gasteiger partial charge in [0.15, 0.2) is 5.75 Å². The number of carbonyl (C=O) groups is 1. The van der Waals surface area contributed by atoms with Gasteiger partial charge in [0.05, 0.1) is 5.56 Å². The van der Waals surface area contributed by atoms with Crippen LogP contribution in [0.15, 0.2) is 47.5 Å². The Morgan fingerprint density at radius 2 is 1.83 bits per heavy atom. The molecule has 0 unspecified atom stereocenters. The maximum atomic E-state index is 12.5. The number of aliphatic imine (C=N–C) groups is 1. The van der Waals surface area contributed by atoms with Crippen molar-refractivity contribution in [1.29, 1.82) is 0 Å². The van der Waals surface area contributed by atoms with Crippen LogP contribution < -0.4 is 10.1 Å². The van der Waals surface area contributed by atoms with E-state index in [0.29, 0.717) is 0 Å². The summed E-state index contributed by atoms with van der Waals surface area (Å²) in [5, 5.41) is 3.04. The number of rotatable bonds is 1. The fourth-order valence-corrected chi connectivity index (χ4v) is 3.58. The number of ether oxygens (including phenoxy) is 1. The van der Waals surface area contributed by atoms with Crippen LogP contribution in [-0.2, 0) is 4.79 Å². The predicted molar refractivity (Wildman–Crippen MR) is 117 cm³/mol. The van der Waals surface area contributed by atoms with E-state index in [1.54, 1.807) is 0 Å². The number of hydrogen-bond acceptors (Lipinski definition) is 4. The van der Waals surface area contributed by atoms with Gasteiger partial charge in [0.1, 0.15) is 17.3 Å². The highest BCUT2D eigenvalue weighted by atomic mass is 16.5. The first kappa shape index (κ1) is 19.5. The predicted octanol–water partition coefficient (Wildman–Crippen LogP) is 5.59. The molecule has 2 aromatic rings. The molecule has 1 saturated heterocycles. The monoisotopic (exact) mass is 391 g/mol. The van der Waals surface area contributed by atoms with Crippen molar-refractivity contribution in [3.63, 3.8) is 0 Å². The number of anilines is 1. The van der Waals surface area contributed by atoms with E-state index in [0.717, 1.165) is 66.1 Å². The average molecular weight is 392 g/mol. The summed E-state index contributed by atoms with van der Waals surface area (Å²) < 4.78 is 6.22. The van der Waals surface area contributed by atoms with Gasteiger partial charge in [-0.05, 0) is 49.1 Å². The quantitative estimate of drug-likeness (QED) is 0.690. The van der Waals surface area contributed by atoms with Crippen molar-refractivity contribution in [1.82, 2.24) is 4.90 Å². The summed E-state index contributed by atoms with van der Waals surface area (Å²) in [5.41, 5.74) is 2.05. The van der Waals surface area contributed by atoms with Gasteiger partial charge in [-0.25, -0.2) is 4.99 Å². The lowest BCUT2D eigenvalue weighted by Crippen LogP contribution is -2.38. The molecule has 29 heavy (non-hydrogen) atoms. The Morgan fingerprint density at radius 1 is 1.10 bits per heavy atom. The second kappa shape index (κ2) is 7.54. The summed E-state index contributed by atoms with van der Waals surface area (Å²) in [6, 6.07) is 13.7. The van der Waals surface area contributed by atoms with E-state index in [4.69, 9.17) is 9.73 Å². The normalized spacial score (nSPS) is 16.8. The molecular weight excluding hydrogens is 362 g/mol. The van der Waals surface area contributed by atoms with Crippen LogP contribution in [0, 0.1) is 11.3 Å². The molecule has 1 amide bonds. The van der Waals surface area contributed by atoms with Crippen molar-refractivity contribution in [2.45, 2.75) is 40.5 Å². The van der Waals surface area contributed by atoms with Gasteiger partial charge in [-0.15, -0.1) is 0 Å². The van der Waals surface area contributed by atoms with Crippen LogP contribution in [0.25, 0.3) is 0 Å². The van der Waals surface area contributed by atoms with Crippen molar-refractivity contribution in [2.75, 3.05) is 18.4 Å². The highest BCUT2D eigenvalue weighted by Gasteiger charge is 2.27. The molecule has 0 atom stereocenters. The van der Waals surface area contributed by atoms with Gasteiger partial charge in [0.25, 0.3) is 0 Å². The zero-order chi connectivity index (χ0) is 20.6. The number of piperidine rings is 1. The molecule has 0 aliphatic carbocycles. The van der Waals surface area contributed by atoms with Crippen LogP contribution in [0.1, 0.15) is 46.1 Å². The molecular formula is C24H29N3O2. The van der Waals surface area contributed by atoms with Crippen molar-refractivity contribution in [3.8, 4) is 11.5 Å². The third-order valence-electron chi connectivity index (χ3n) is 5.55. The van der Waals surface area contributed by atoms with Gasteiger partial charge >= 0.3 is 0 Å². The number of hydrogen-bond donors (Lipinski definition) is 1. The van der Waals surface area contributed by atoms with Gasteiger partial charge in [-0.1, -0.05) is 39.8 Å². The number of likely N-dealkylation sites (tertiary alicyclic amines) is 1. The highest BCUT2D eigenvalue weighted by Crippen LogP contribution is 2.39. The first-order chi connectivity index (χ1) is 13.8. The molecule has 1 fully saturated rings. The summed E-state index contributed by atoms with van der Waals surface area (Å²) in [7, 11) is 0. The van der Waals surface area contributed by atoms with Crippen LogP contribution in [0.3, 0.4) is 0 Å². The maximum Gasteiger partial charge on any atom is 0.229 e. The molecule has 0 spiro atoms. The second-order valence-electron chi connectivity index (χ2n) is 9.09. The lowest BCUT2D eigenvalue weighted by molar-refractivity contribution is -0.123. The summed E-state index contributed by atoms with van der Waals surface area (Å²) in [6.07, 6.45) is 2.30. The van der Waals surface area contributed by atoms with Crippen LogP contribution >= 0.6 is 0 Å². The molecule has 5 nitrogen and oxygen atoms in total. The van der Waals surface area contributed by atoms with Crippen LogP contribution in [0.4, 0.5) is 11.4 Å². The van der Waals surface area contributed by atoms with Crippen LogP contribution in [0.5, 0.6) is 11.5 Å². The highest BCUT2D eigenvalue weighted by molar-refractivity contribution is 6.05. The van der Waals surface area contributed by atoms with Gasteiger partial charge in [0.2, 0.25) is 5.91 Å². The third kappa shape index (κ3) is 4.14. The Labute approximate surface area is 172 Å². The molecule has 0 radical (unpaired) electrons. The summed E-state index contributed by atoms with van der Waals surface area (Å²) in [5.74, 6) is 3.16. The number of amidine groups is 1. The van der Waals surface area contributed by atoms with Crippen LogP contribution in [-0.4, -0.2) is 29.7 Å². The minimum atomic E-state index is -0.459. The number of nitrogens with zero attached hydrogens (tertiary/aromatic N) is 2. The second-order valence-corrected chi connectivity index (χ2v) is 9.09. The van der Waals surface area contributed by atoms with E-state index in [1.807, 2.05) is 63.2 Å². The molecule has 0 aromatic heterocycles. The van der Waals surface area contributed by atoms with Crippen molar-refractivity contribution in [3.05, 3.63) is 48.0 Å². The average Bonchev–Trinajstić information content (AvgIpc) is 2.84. The summed E-state index contributed by atoms with van der Waals surface area (Å²) in [4.78, 5) is 19.8. The summed E-state index contributed by atoms with van der Waals surface area (Å²) in [6.45, 7) is 9.98. The van der Waals surface area contributed by atoms with Gasteiger partial charge in [-0.3, -0.25) is 4.79 Å². The molecule has 1 N–H and O–H groups in total. The van der Waals surface area contributed by atoms with Crippen LogP contribution in [0.2, 0.25) is 0 Å². The first-order valence-electron chi connectivity index (χ1n) is 10.4. The molecule has 0 saturated carbocycles. The van der Waals surface area contributed by atoms with Gasteiger partial charge < -0.3 is 15.0 Å². The molecule has 5 heteroatoms. The van der Waals surface area contributed by atoms with E-state index in [9.17, 15) is 4.79 Å². The molecule has 152 valence electrons. The minimum Gasteiger partial charge on any atom is -0.454 e. The lowest BCUT2D eigenvalue weighted by Gasteiger charge is -2.33. The molecule has 2 heterocycles. The lowest BCUT2D eigenvalue weighted by atomic mass is 9.95. The number of carbonyl (C=O) groups excluding carboxylic acids is 1. The largest absolute Gasteiger partial charge is 0.454 e. The molecule has 2 aromatic carbocycles. The van der Waals surface area contributed by atoms with Gasteiger partial charge in [0, 0.05) is 24.2 Å². The summed E-state index contributed by atoms with van der Waals surface area (Å²) >= 11 is 0. The van der Waals surface area contributed by atoms with E-state index >= 15 is 0 Å². The number of nitrogens with one attached hydrogen (secondary N) is 1. The maximum absolute atomic E-state index is 12.5. The van der Waals surface area contributed by atoms with E-state index in [2.05, 4.69) is 17.1 Å².